The third kappa shape index (κ3) is 2.81. The van der Waals surface area contributed by atoms with Gasteiger partial charge in [0.25, 0.3) is 5.91 Å². The van der Waals surface area contributed by atoms with Gasteiger partial charge < -0.3 is 9.47 Å². The number of aromatic nitrogens is 1. The van der Waals surface area contributed by atoms with E-state index in [9.17, 15) is 9.18 Å². The summed E-state index contributed by atoms with van der Waals surface area (Å²) < 4.78 is 15.8. The van der Waals surface area contributed by atoms with Gasteiger partial charge in [-0.2, -0.15) is 0 Å². The van der Waals surface area contributed by atoms with Crippen molar-refractivity contribution in [1.29, 1.82) is 0 Å². The standard InChI is InChI=1S/C22H21FN2O/c1-15-5-3-6-17(13-15)21-20-7-4-10-24(20)11-12-25(21)22(26)18-8-9-19(23)16(2)14-18/h3-10,13-14,21H,11-12H2,1-2H3. The van der Waals surface area contributed by atoms with E-state index in [4.69, 9.17) is 0 Å². The highest BCUT2D eigenvalue weighted by Crippen LogP contribution is 2.34. The van der Waals surface area contributed by atoms with Crippen molar-refractivity contribution in [2.24, 2.45) is 0 Å². The summed E-state index contributed by atoms with van der Waals surface area (Å²) >= 11 is 0. The van der Waals surface area contributed by atoms with Crippen LogP contribution in [0.25, 0.3) is 0 Å². The summed E-state index contributed by atoms with van der Waals surface area (Å²) in [5.74, 6) is -0.351. The molecule has 4 heteroatoms. The summed E-state index contributed by atoms with van der Waals surface area (Å²) in [4.78, 5) is 15.2. The number of nitrogens with zero attached hydrogens (tertiary/aromatic N) is 2. The molecule has 0 aliphatic carbocycles. The summed E-state index contributed by atoms with van der Waals surface area (Å²) in [5, 5.41) is 0. The third-order valence-electron chi connectivity index (χ3n) is 5.06. The first-order chi connectivity index (χ1) is 12.5. The lowest BCUT2D eigenvalue weighted by molar-refractivity contribution is 0.0664. The van der Waals surface area contributed by atoms with Gasteiger partial charge in [-0.3, -0.25) is 4.79 Å². The maximum absolute atomic E-state index is 13.6. The summed E-state index contributed by atoms with van der Waals surface area (Å²) in [6.45, 7) is 5.12. The predicted octanol–water partition coefficient (Wildman–Crippen LogP) is 4.49. The molecular weight excluding hydrogens is 327 g/mol. The van der Waals surface area contributed by atoms with E-state index >= 15 is 0 Å². The average molecular weight is 348 g/mol. The molecule has 0 fully saturated rings. The Labute approximate surface area is 152 Å². The fourth-order valence-electron chi connectivity index (χ4n) is 3.74. The molecular formula is C22H21FN2O. The number of hydrogen-bond acceptors (Lipinski definition) is 1. The van der Waals surface area contributed by atoms with Crippen LogP contribution in [0.2, 0.25) is 0 Å². The molecule has 132 valence electrons. The summed E-state index contributed by atoms with van der Waals surface area (Å²) in [6.07, 6.45) is 2.06. The second-order valence-electron chi connectivity index (χ2n) is 6.91. The molecule has 3 nitrogen and oxygen atoms in total. The van der Waals surface area contributed by atoms with E-state index in [1.54, 1.807) is 19.1 Å². The number of amides is 1. The minimum absolute atomic E-state index is 0.0629. The molecule has 1 unspecified atom stereocenters. The Kier molecular flexibility index (Phi) is 4.11. The first-order valence-electron chi connectivity index (χ1n) is 8.83. The Balaban J connectivity index is 1.78. The molecule has 0 N–H and O–H groups in total. The molecule has 4 rings (SSSR count). The highest BCUT2D eigenvalue weighted by molar-refractivity contribution is 5.95. The fourth-order valence-corrected chi connectivity index (χ4v) is 3.74. The Hall–Kier alpha value is -2.88. The Morgan fingerprint density at radius 3 is 2.65 bits per heavy atom. The zero-order chi connectivity index (χ0) is 18.3. The van der Waals surface area contributed by atoms with E-state index in [-0.39, 0.29) is 17.8 Å². The molecule has 1 amide bonds. The quantitative estimate of drug-likeness (QED) is 0.670. The van der Waals surface area contributed by atoms with Crippen LogP contribution in [-0.4, -0.2) is 21.9 Å². The molecule has 26 heavy (non-hydrogen) atoms. The second-order valence-corrected chi connectivity index (χ2v) is 6.91. The molecule has 0 spiro atoms. The monoisotopic (exact) mass is 348 g/mol. The SMILES string of the molecule is Cc1cccc(C2c3cccn3CCN2C(=O)c2ccc(F)c(C)c2)c1. The van der Waals surface area contributed by atoms with E-state index < -0.39 is 0 Å². The van der Waals surface area contributed by atoms with Crippen molar-refractivity contribution >= 4 is 5.91 Å². The van der Waals surface area contributed by atoms with Gasteiger partial charge in [-0.1, -0.05) is 29.8 Å². The van der Waals surface area contributed by atoms with E-state index in [1.807, 2.05) is 17.0 Å². The molecule has 1 aromatic heterocycles. The van der Waals surface area contributed by atoms with Crippen molar-refractivity contribution in [2.75, 3.05) is 6.54 Å². The number of rotatable bonds is 2. The largest absolute Gasteiger partial charge is 0.348 e. The van der Waals surface area contributed by atoms with Crippen LogP contribution in [0.4, 0.5) is 4.39 Å². The minimum atomic E-state index is -0.288. The van der Waals surface area contributed by atoms with Crippen molar-refractivity contribution < 1.29 is 9.18 Å². The van der Waals surface area contributed by atoms with Crippen LogP contribution in [0.1, 0.15) is 38.8 Å². The summed E-state index contributed by atoms with van der Waals surface area (Å²) in [6, 6.07) is 16.8. The van der Waals surface area contributed by atoms with E-state index in [0.717, 1.165) is 23.4 Å². The van der Waals surface area contributed by atoms with Gasteiger partial charge in [0, 0.05) is 30.5 Å². The average Bonchev–Trinajstić information content (AvgIpc) is 3.11. The second kappa shape index (κ2) is 6.45. The van der Waals surface area contributed by atoms with Crippen LogP contribution in [0.15, 0.2) is 60.8 Å². The first-order valence-corrected chi connectivity index (χ1v) is 8.83. The van der Waals surface area contributed by atoms with Crippen LogP contribution in [0.3, 0.4) is 0 Å². The van der Waals surface area contributed by atoms with Crippen molar-refractivity contribution in [3.8, 4) is 0 Å². The number of carbonyl (C=O) groups is 1. The van der Waals surface area contributed by atoms with Crippen molar-refractivity contribution in [3.05, 3.63) is 94.6 Å². The van der Waals surface area contributed by atoms with Crippen LogP contribution >= 0.6 is 0 Å². The molecule has 2 heterocycles. The van der Waals surface area contributed by atoms with E-state index in [0.29, 0.717) is 17.7 Å². The van der Waals surface area contributed by atoms with Crippen LogP contribution in [-0.2, 0) is 6.54 Å². The number of carbonyl (C=O) groups excluding carboxylic acids is 1. The van der Waals surface area contributed by atoms with Gasteiger partial charge in [0.2, 0.25) is 0 Å². The lowest BCUT2D eigenvalue weighted by atomic mass is 9.97. The number of aryl methyl sites for hydroxylation is 2. The van der Waals surface area contributed by atoms with E-state index in [1.165, 1.54) is 6.07 Å². The maximum Gasteiger partial charge on any atom is 0.254 e. The smallest absolute Gasteiger partial charge is 0.254 e. The number of halogens is 1. The first kappa shape index (κ1) is 16.6. The summed E-state index contributed by atoms with van der Waals surface area (Å²) in [7, 11) is 0. The van der Waals surface area contributed by atoms with Gasteiger partial charge in [-0.05, 0) is 55.3 Å². The van der Waals surface area contributed by atoms with E-state index in [2.05, 4.69) is 42.0 Å². The number of benzene rings is 2. The zero-order valence-corrected chi connectivity index (χ0v) is 14.9. The molecule has 1 aliphatic heterocycles. The maximum atomic E-state index is 13.6. The highest BCUT2D eigenvalue weighted by atomic mass is 19.1. The van der Waals surface area contributed by atoms with Crippen molar-refractivity contribution in [1.82, 2.24) is 9.47 Å². The third-order valence-corrected chi connectivity index (χ3v) is 5.06. The van der Waals surface area contributed by atoms with Crippen LogP contribution in [0.5, 0.6) is 0 Å². The van der Waals surface area contributed by atoms with Crippen molar-refractivity contribution in [3.63, 3.8) is 0 Å². The lowest BCUT2D eigenvalue weighted by Gasteiger charge is -2.37. The van der Waals surface area contributed by atoms with Crippen LogP contribution < -0.4 is 0 Å². The molecule has 0 radical (unpaired) electrons. The Morgan fingerprint density at radius 2 is 1.88 bits per heavy atom. The molecule has 0 saturated carbocycles. The Morgan fingerprint density at radius 1 is 1.04 bits per heavy atom. The molecule has 1 atom stereocenters. The zero-order valence-electron chi connectivity index (χ0n) is 14.9. The lowest BCUT2D eigenvalue weighted by Crippen LogP contribution is -2.42. The molecule has 0 saturated heterocycles. The summed E-state index contributed by atoms with van der Waals surface area (Å²) in [5.41, 5.74) is 4.38. The van der Waals surface area contributed by atoms with Gasteiger partial charge >= 0.3 is 0 Å². The molecule has 1 aliphatic rings. The Bertz CT molecular complexity index is 976. The molecule has 3 aromatic rings. The topological polar surface area (TPSA) is 25.2 Å². The van der Waals surface area contributed by atoms with Gasteiger partial charge in [0.1, 0.15) is 5.82 Å². The minimum Gasteiger partial charge on any atom is -0.348 e. The number of fused-ring (bicyclic) bond motifs is 1. The fraction of sp³-hybridized carbons (Fsp3) is 0.227. The van der Waals surface area contributed by atoms with Gasteiger partial charge in [-0.15, -0.1) is 0 Å². The van der Waals surface area contributed by atoms with Crippen LogP contribution in [0, 0.1) is 19.7 Å². The van der Waals surface area contributed by atoms with Gasteiger partial charge in [0.05, 0.1) is 6.04 Å². The molecule has 2 aromatic carbocycles. The molecule has 0 bridgehead atoms. The van der Waals surface area contributed by atoms with Gasteiger partial charge in [-0.25, -0.2) is 4.39 Å². The normalized spacial score (nSPS) is 16.4. The highest BCUT2D eigenvalue weighted by Gasteiger charge is 2.32. The number of hydrogen-bond donors (Lipinski definition) is 0. The van der Waals surface area contributed by atoms with Gasteiger partial charge in [0.15, 0.2) is 0 Å². The van der Waals surface area contributed by atoms with Crippen molar-refractivity contribution in [2.45, 2.75) is 26.4 Å². The predicted molar refractivity (Wildman–Crippen MR) is 99.6 cm³/mol.